The number of carbonyl (C=O) groups excluding carboxylic acids is 1. The van der Waals surface area contributed by atoms with Crippen molar-refractivity contribution in [2.45, 2.75) is 31.4 Å². The molecule has 4 rings (SSSR count). The smallest absolute Gasteiger partial charge is 0.475 e. The summed E-state index contributed by atoms with van der Waals surface area (Å²) in [7, 11) is 2.05. The molecule has 3 aromatic rings. The molecule has 2 aromatic carbocycles. The number of halogens is 8. The number of hydrogen-bond donors (Lipinski definition) is 3. The number of anilines is 2. The Bertz CT molecular complexity index is 1430. The van der Waals surface area contributed by atoms with E-state index in [1.54, 1.807) is 24.4 Å². The maximum Gasteiger partial charge on any atom is 0.490 e. The van der Waals surface area contributed by atoms with E-state index in [0.717, 1.165) is 30.9 Å². The van der Waals surface area contributed by atoms with Crippen LogP contribution in [0.2, 0.25) is 0 Å². The van der Waals surface area contributed by atoms with Crippen LogP contribution in [0.25, 0.3) is 0 Å². The molecule has 1 fully saturated rings. The van der Waals surface area contributed by atoms with Crippen LogP contribution in [-0.4, -0.2) is 76.5 Å². The summed E-state index contributed by atoms with van der Waals surface area (Å²) in [4.78, 5) is 39.1. The topological polar surface area (TPSA) is 123 Å². The molecule has 1 atom stereocenters. The van der Waals surface area contributed by atoms with Gasteiger partial charge in [-0.25, -0.2) is 23.4 Å². The number of benzene rings is 2. The van der Waals surface area contributed by atoms with E-state index < -0.39 is 24.3 Å². The van der Waals surface area contributed by atoms with Gasteiger partial charge in [0.05, 0.1) is 0 Å². The van der Waals surface area contributed by atoms with Crippen LogP contribution in [0, 0.1) is 11.6 Å². The third kappa shape index (κ3) is 12.4. The number of alkyl halides is 6. The fourth-order valence-corrected chi connectivity index (χ4v) is 3.84. The molecule has 0 spiro atoms. The quantitative estimate of drug-likeness (QED) is 0.295. The van der Waals surface area contributed by atoms with Crippen molar-refractivity contribution in [2.24, 2.45) is 0 Å². The molecule has 1 aliphatic heterocycles. The number of rotatable bonds is 6. The zero-order valence-electron chi connectivity index (χ0n) is 23.2. The van der Waals surface area contributed by atoms with Crippen LogP contribution < -0.4 is 10.2 Å². The molecule has 1 amide bonds. The number of nitrogens with zero attached hydrogens (tertiary/aromatic N) is 3. The van der Waals surface area contributed by atoms with E-state index in [4.69, 9.17) is 19.8 Å². The number of carbonyl (C=O) groups is 3. The van der Waals surface area contributed by atoms with Gasteiger partial charge >= 0.3 is 24.3 Å². The van der Waals surface area contributed by atoms with Gasteiger partial charge in [0.15, 0.2) is 0 Å². The largest absolute Gasteiger partial charge is 0.490 e. The molecule has 0 saturated carbocycles. The second kappa shape index (κ2) is 15.8. The van der Waals surface area contributed by atoms with Crippen molar-refractivity contribution in [1.29, 1.82) is 0 Å². The number of carboxylic acid groups (broad SMARTS) is 2. The van der Waals surface area contributed by atoms with E-state index in [1.807, 2.05) is 19.2 Å². The van der Waals surface area contributed by atoms with E-state index in [9.17, 15) is 39.9 Å². The van der Waals surface area contributed by atoms with Crippen LogP contribution in [0.4, 0.5) is 46.6 Å². The predicted octanol–water partition coefficient (Wildman–Crippen LogP) is 5.59. The molecule has 9 nitrogen and oxygen atoms in total. The van der Waals surface area contributed by atoms with Gasteiger partial charge in [-0.1, -0.05) is 12.1 Å². The van der Waals surface area contributed by atoms with E-state index >= 15 is 0 Å². The van der Waals surface area contributed by atoms with E-state index in [-0.39, 0.29) is 17.5 Å². The zero-order chi connectivity index (χ0) is 33.9. The van der Waals surface area contributed by atoms with E-state index in [1.165, 1.54) is 30.3 Å². The fraction of sp³-hybridized carbons (Fsp3) is 0.286. The maximum absolute atomic E-state index is 13.5. The van der Waals surface area contributed by atoms with Crippen molar-refractivity contribution in [3.05, 3.63) is 89.6 Å². The Morgan fingerprint density at radius 3 is 2.02 bits per heavy atom. The van der Waals surface area contributed by atoms with Crippen LogP contribution >= 0.6 is 0 Å². The summed E-state index contributed by atoms with van der Waals surface area (Å²) < 4.78 is 90.0. The summed E-state index contributed by atoms with van der Waals surface area (Å²) in [6.07, 6.45) is -7.53. The second-order valence-corrected chi connectivity index (χ2v) is 9.40. The van der Waals surface area contributed by atoms with Crippen molar-refractivity contribution in [3.8, 4) is 0 Å². The number of aliphatic carboxylic acids is 2. The Hall–Kier alpha value is -4.80. The monoisotopic (exact) mass is 650 g/mol. The number of carboxylic acids is 2. The summed E-state index contributed by atoms with van der Waals surface area (Å²) in [5, 5.41) is 17.1. The number of pyridine rings is 1. The van der Waals surface area contributed by atoms with Crippen molar-refractivity contribution < 1.29 is 59.7 Å². The lowest BCUT2D eigenvalue weighted by atomic mass is 10.1. The van der Waals surface area contributed by atoms with Crippen LogP contribution in [0.1, 0.15) is 22.3 Å². The lowest BCUT2D eigenvalue weighted by molar-refractivity contribution is -0.193. The highest BCUT2D eigenvalue weighted by atomic mass is 19.4. The van der Waals surface area contributed by atoms with Crippen molar-refractivity contribution in [1.82, 2.24) is 9.88 Å². The van der Waals surface area contributed by atoms with Gasteiger partial charge < -0.3 is 20.4 Å². The highest BCUT2D eigenvalue weighted by Gasteiger charge is 2.39. The average Bonchev–Trinajstić information content (AvgIpc) is 3.44. The summed E-state index contributed by atoms with van der Waals surface area (Å²) in [5.74, 6) is -5.62. The van der Waals surface area contributed by atoms with E-state index in [0.29, 0.717) is 23.8 Å². The molecule has 3 N–H and O–H groups in total. The lowest BCUT2D eigenvalue weighted by Crippen LogP contribution is -2.34. The maximum atomic E-state index is 13.5. The van der Waals surface area contributed by atoms with Crippen molar-refractivity contribution >= 4 is 29.4 Å². The Balaban J connectivity index is 0.000000421. The summed E-state index contributed by atoms with van der Waals surface area (Å²) in [5.41, 5.74) is 1.97. The SMILES string of the molecule is CN(Cc1cccc(F)c1)C1CCN(c2cc(NC(=O)c3ccc(F)cc3)ccn2)C1.O=C(O)C(F)(F)F.O=C(O)C(F)(F)F. The van der Waals surface area contributed by atoms with Crippen LogP contribution in [0.5, 0.6) is 0 Å². The molecule has 1 aromatic heterocycles. The van der Waals surface area contributed by atoms with Crippen LogP contribution in [0.15, 0.2) is 66.9 Å². The minimum absolute atomic E-state index is 0.220. The summed E-state index contributed by atoms with van der Waals surface area (Å²) in [6.45, 7) is 2.33. The Kier molecular flexibility index (Phi) is 12.8. The summed E-state index contributed by atoms with van der Waals surface area (Å²) in [6, 6.07) is 16.0. The third-order valence-corrected chi connectivity index (χ3v) is 6.03. The molecule has 2 heterocycles. The van der Waals surface area contributed by atoms with Gasteiger partial charge in [-0.05, 0) is 61.5 Å². The number of likely N-dealkylation sites (N-methyl/N-ethyl adjacent to an activating group) is 1. The Morgan fingerprint density at radius 1 is 0.911 bits per heavy atom. The minimum atomic E-state index is -5.08. The normalized spacial score (nSPS) is 14.5. The zero-order valence-corrected chi connectivity index (χ0v) is 23.2. The van der Waals surface area contributed by atoms with Gasteiger partial charge in [-0.2, -0.15) is 26.3 Å². The molecule has 1 saturated heterocycles. The molecular weight excluding hydrogens is 624 g/mol. The van der Waals surface area contributed by atoms with Gasteiger partial charge in [0.2, 0.25) is 0 Å². The van der Waals surface area contributed by atoms with Crippen LogP contribution in [0.3, 0.4) is 0 Å². The fourth-order valence-electron chi connectivity index (χ4n) is 3.84. The first-order chi connectivity index (χ1) is 20.9. The first kappa shape index (κ1) is 36.4. The molecule has 45 heavy (non-hydrogen) atoms. The number of hydrogen-bond acceptors (Lipinski definition) is 6. The number of amides is 1. The first-order valence-electron chi connectivity index (χ1n) is 12.7. The van der Waals surface area contributed by atoms with E-state index in [2.05, 4.69) is 20.1 Å². The van der Waals surface area contributed by atoms with Crippen molar-refractivity contribution in [2.75, 3.05) is 30.4 Å². The van der Waals surface area contributed by atoms with Gasteiger partial charge in [0.25, 0.3) is 5.91 Å². The number of nitrogens with one attached hydrogen (secondary N) is 1. The van der Waals surface area contributed by atoms with Crippen LogP contribution in [-0.2, 0) is 16.1 Å². The van der Waals surface area contributed by atoms with Gasteiger partial charge in [0, 0.05) is 49.2 Å². The number of aromatic nitrogens is 1. The Labute approximate surface area is 250 Å². The molecule has 0 bridgehead atoms. The highest BCUT2D eigenvalue weighted by molar-refractivity contribution is 6.04. The summed E-state index contributed by atoms with van der Waals surface area (Å²) >= 11 is 0. The molecule has 1 aliphatic rings. The average molecular weight is 651 g/mol. The second-order valence-electron chi connectivity index (χ2n) is 9.40. The molecular formula is C28H26F8N4O5. The minimum Gasteiger partial charge on any atom is -0.475 e. The van der Waals surface area contributed by atoms with Gasteiger partial charge in [-0.3, -0.25) is 9.69 Å². The molecule has 244 valence electrons. The first-order valence-corrected chi connectivity index (χ1v) is 12.7. The molecule has 17 heteroatoms. The Morgan fingerprint density at radius 2 is 1.49 bits per heavy atom. The lowest BCUT2D eigenvalue weighted by Gasteiger charge is -2.25. The predicted molar refractivity (Wildman–Crippen MR) is 144 cm³/mol. The van der Waals surface area contributed by atoms with Gasteiger partial charge in [-0.15, -0.1) is 0 Å². The molecule has 1 unspecified atom stereocenters. The third-order valence-electron chi connectivity index (χ3n) is 6.03. The standard InChI is InChI=1S/C24H24F2N4O.2C2HF3O2/c1-29(15-17-3-2-4-20(26)13-17)22-10-12-30(16-22)23-14-21(9-11-27-23)28-24(31)18-5-7-19(25)8-6-18;2*3-2(4,5)1(6)7/h2-9,11,13-14,22H,10,12,15-16H2,1H3,(H,27,28,31);2*(H,6,7). The van der Waals surface area contributed by atoms with Crippen molar-refractivity contribution in [3.63, 3.8) is 0 Å². The molecule has 0 radical (unpaired) electrons. The molecule has 0 aliphatic carbocycles. The van der Waals surface area contributed by atoms with Gasteiger partial charge in [0.1, 0.15) is 17.5 Å². The highest BCUT2D eigenvalue weighted by Crippen LogP contribution is 2.24.